The lowest BCUT2D eigenvalue weighted by molar-refractivity contribution is -0.112. The number of aryl methyl sites for hydroxylation is 2. The molecule has 0 atom stereocenters. The van der Waals surface area contributed by atoms with Gasteiger partial charge in [-0.2, -0.15) is 5.26 Å². The number of nitrogens with zero attached hydrogens (tertiary/aromatic N) is 1. The highest BCUT2D eigenvalue weighted by atomic mass is 16.5. The van der Waals surface area contributed by atoms with E-state index in [1.165, 1.54) is 6.08 Å². The van der Waals surface area contributed by atoms with E-state index in [0.717, 1.165) is 11.1 Å². The Morgan fingerprint density at radius 3 is 2.24 bits per heavy atom. The van der Waals surface area contributed by atoms with Crippen molar-refractivity contribution in [2.75, 3.05) is 19.5 Å². The van der Waals surface area contributed by atoms with Crippen LogP contribution in [0.25, 0.3) is 6.08 Å². The van der Waals surface area contributed by atoms with Gasteiger partial charge in [0.2, 0.25) is 0 Å². The highest BCUT2D eigenvalue weighted by Gasteiger charge is 2.12. The average Bonchev–Trinajstić information content (AvgIpc) is 2.61. The molecular weight excluding hydrogens is 316 g/mol. The van der Waals surface area contributed by atoms with Gasteiger partial charge in [-0.05, 0) is 49.2 Å². The molecule has 0 saturated carbocycles. The second kappa shape index (κ2) is 8.02. The van der Waals surface area contributed by atoms with E-state index in [4.69, 9.17) is 9.47 Å². The molecule has 0 heterocycles. The van der Waals surface area contributed by atoms with Gasteiger partial charge in [-0.3, -0.25) is 4.79 Å². The van der Waals surface area contributed by atoms with Crippen LogP contribution in [0.5, 0.6) is 11.5 Å². The molecule has 1 amide bonds. The molecule has 0 bridgehead atoms. The van der Waals surface area contributed by atoms with E-state index in [2.05, 4.69) is 5.32 Å². The fourth-order valence-corrected chi connectivity index (χ4v) is 2.37. The number of anilines is 1. The predicted octanol–water partition coefficient (Wildman–Crippen LogP) is 3.87. The molecule has 0 saturated heterocycles. The van der Waals surface area contributed by atoms with Crippen molar-refractivity contribution in [3.63, 3.8) is 0 Å². The van der Waals surface area contributed by atoms with Gasteiger partial charge in [-0.1, -0.05) is 17.7 Å². The number of amides is 1. The molecule has 0 aliphatic rings. The van der Waals surface area contributed by atoms with Crippen molar-refractivity contribution in [3.8, 4) is 17.6 Å². The smallest absolute Gasteiger partial charge is 0.266 e. The van der Waals surface area contributed by atoms with Gasteiger partial charge in [0.1, 0.15) is 23.1 Å². The Balaban J connectivity index is 2.31. The van der Waals surface area contributed by atoms with Crippen molar-refractivity contribution in [3.05, 3.63) is 58.7 Å². The molecule has 5 heteroatoms. The highest BCUT2D eigenvalue weighted by molar-refractivity contribution is 6.10. The summed E-state index contributed by atoms with van der Waals surface area (Å²) in [6.45, 7) is 3.89. The van der Waals surface area contributed by atoms with E-state index in [1.807, 2.05) is 38.1 Å². The minimum atomic E-state index is -0.462. The minimum absolute atomic E-state index is 0.00437. The van der Waals surface area contributed by atoms with Crippen LogP contribution in [0.4, 0.5) is 5.69 Å². The molecule has 0 aliphatic carbocycles. The molecule has 1 N–H and O–H groups in total. The Bertz CT molecular complexity index is 841. The number of methoxy groups -OCH3 is 2. The van der Waals surface area contributed by atoms with E-state index in [-0.39, 0.29) is 5.57 Å². The van der Waals surface area contributed by atoms with Gasteiger partial charge in [-0.15, -0.1) is 0 Å². The summed E-state index contributed by atoms with van der Waals surface area (Å²) in [5, 5.41) is 12.1. The first-order valence-electron chi connectivity index (χ1n) is 7.70. The van der Waals surface area contributed by atoms with E-state index in [1.54, 1.807) is 32.4 Å². The Hall–Kier alpha value is -3.26. The molecule has 25 heavy (non-hydrogen) atoms. The molecule has 2 rings (SSSR count). The minimum Gasteiger partial charge on any atom is -0.497 e. The first-order chi connectivity index (χ1) is 12.0. The van der Waals surface area contributed by atoms with Crippen LogP contribution >= 0.6 is 0 Å². The van der Waals surface area contributed by atoms with Gasteiger partial charge in [0, 0.05) is 11.8 Å². The predicted molar refractivity (Wildman–Crippen MR) is 97.7 cm³/mol. The van der Waals surface area contributed by atoms with Gasteiger partial charge >= 0.3 is 0 Å². The zero-order valence-electron chi connectivity index (χ0n) is 14.7. The van der Waals surface area contributed by atoms with Gasteiger partial charge in [0.05, 0.1) is 14.2 Å². The van der Waals surface area contributed by atoms with Gasteiger partial charge in [0.25, 0.3) is 5.91 Å². The van der Waals surface area contributed by atoms with Crippen molar-refractivity contribution in [1.29, 1.82) is 5.26 Å². The summed E-state index contributed by atoms with van der Waals surface area (Å²) in [7, 11) is 3.08. The molecule has 0 fully saturated rings. The molecule has 0 spiro atoms. The van der Waals surface area contributed by atoms with Gasteiger partial charge in [0.15, 0.2) is 0 Å². The average molecular weight is 336 g/mol. The maximum absolute atomic E-state index is 12.4. The normalized spacial score (nSPS) is 10.8. The number of rotatable bonds is 5. The van der Waals surface area contributed by atoms with Crippen molar-refractivity contribution < 1.29 is 14.3 Å². The quantitative estimate of drug-likeness (QED) is 0.665. The van der Waals surface area contributed by atoms with Crippen molar-refractivity contribution in [2.24, 2.45) is 0 Å². The number of nitrogens with one attached hydrogen (secondary N) is 1. The van der Waals surface area contributed by atoms with Crippen LogP contribution in [0.15, 0.2) is 42.0 Å². The number of hydrogen-bond acceptors (Lipinski definition) is 4. The van der Waals surface area contributed by atoms with E-state index < -0.39 is 5.91 Å². The molecule has 2 aromatic rings. The third kappa shape index (κ3) is 4.61. The summed E-state index contributed by atoms with van der Waals surface area (Å²) in [6.07, 6.45) is 1.50. The topological polar surface area (TPSA) is 71.3 Å². The summed E-state index contributed by atoms with van der Waals surface area (Å²) in [6, 6.07) is 12.8. The fraction of sp³-hybridized carbons (Fsp3) is 0.200. The number of hydrogen-bond donors (Lipinski definition) is 1. The molecule has 5 nitrogen and oxygen atoms in total. The van der Waals surface area contributed by atoms with Crippen LogP contribution in [0.1, 0.15) is 16.7 Å². The lowest BCUT2D eigenvalue weighted by Crippen LogP contribution is -2.14. The second-order valence-electron chi connectivity index (χ2n) is 5.59. The summed E-state index contributed by atoms with van der Waals surface area (Å²) < 4.78 is 10.4. The maximum Gasteiger partial charge on any atom is 0.266 e. The lowest BCUT2D eigenvalue weighted by atomic mass is 10.1. The zero-order valence-corrected chi connectivity index (χ0v) is 14.7. The standard InChI is InChI=1S/C20H20N2O3/c1-13-5-6-19(14(2)7-13)22-20(23)16(12-21)8-15-9-17(24-3)11-18(10-15)25-4/h5-11H,1-4H3,(H,22,23)/b16-8+. The van der Waals surface area contributed by atoms with Crippen molar-refractivity contribution in [2.45, 2.75) is 13.8 Å². The van der Waals surface area contributed by atoms with Crippen molar-refractivity contribution >= 4 is 17.7 Å². The molecular formula is C20H20N2O3. The first-order valence-corrected chi connectivity index (χ1v) is 7.70. The Labute approximate surface area is 147 Å². The Kier molecular flexibility index (Phi) is 5.80. The fourth-order valence-electron chi connectivity index (χ4n) is 2.37. The largest absolute Gasteiger partial charge is 0.497 e. The van der Waals surface area contributed by atoms with Crippen LogP contribution in [0, 0.1) is 25.2 Å². The van der Waals surface area contributed by atoms with Gasteiger partial charge < -0.3 is 14.8 Å². The highest BCUT2D eigenvalue weighted by Crippen LogP contribution is 2.24. The molecule has 0 aromatic heterocycles. The van der Waals surface area contributed by atoms with E-state index in [9.17, 15) is 10.1 Å². The van der Waals surface area contributed by atoms with E-state index >= 15 is 0 Å². The Morgan fingerprint density at radius 2 is 1.72 bits per heavy atom. The van der Waals surface area contributed by atoms with Crippen LogP contribution in [0.2, 0.25) is 0 Å². The van der Waals surface area contributed by atoms with Crippen LogP contribution in [-0.2, 0) is 4.79 Å². The van der Waals surface area contributed by atoms with Crippen LogP contribution in [0.3, 0.4) is 0 Å². The third-order valence-corrected chi connectivity index (χ3v) is 3.68. The summed E-state index contributed by atoms with van der Waals surface area (Å²) in [5.74, 6) is 0.701. The number of carbonyl (C=O) groups excluding carboxylic acids is 1. The second-order valence-corrected chi connectivity index (χ2v) is 5.59. The summed E-state index contributed by atoms with van der Waals surface area (Å²) in [4.78, 5) is 12.4. The number of benzene rings is 2. The third-order valence-electron chi connectivity index (χ3n) is 3.68. The summed E-state index contributed by atoms with van der Waals surface area (Å²) >= 11 is 0. The molecule has 128 valence electrons. The Morgan fingerprint density at radius 1 is 1.08 bits per heavy atom. The number of nitriles is 1. The number of ether oxygens (including phenoxy) is 2. The van der Waals surface area contributed by atoms with Crippen LogP contribution < -0.4 is 14.8 Å². The van der Waals surface area contributed by atoms with Crippen molar-refractivity contribution in [1.82, 2.24) is 0 Å². The number of carbonyl (C=O) groups is 1. The summed E-state index contributed by atoms with van der Waals surface area (Å²) in [5.41, 5.74) is 3.36. The molecule has 2 aromatic carbocycles. The molecule has 0 aliphatic heterocycles. The lowest BCUT2D eigenvalue weighted by Gasteiger charge is -2.09. The zero-order chi connectivity index (χ0) is 18.4. The molecule has 0 unspecified atom stereocenters. The van der Waals surface area contributed by atoms with Crippen LogP contribution in [-0.4, -0.2) is 20.1 Å². The maximum atomic E-state index is 12.4. The first kappa shape index (κ1) is 18.1. The van der Waals surface area contributed by atoms with Gasteiger partial charge in [-0.25, -0.2) is 0 Å². The van der Waals surface area contributed by atoms with E-state index in [0.29, 0.717) is 22.7 Å². The SMILES string of the molecule is COc1cc(/C=C(\C#N)C(=O)Nc2ccc(C)cc2C)cc(OC)c1. The monoisotopic (exact) mass is 336 g/mol. The molecule has 0 radical (unpaired) electrons.